The maximum Gasteiger partial charge on any atom is 0.274 e. The van der Waals surface area contributed by atoms with Crippen molar-refractivity contribution >= 4 is 23.2 Å². The third-order valence-corrected chi connectivity index (χ3v) is 5.46. The molecule has 0 saturated carbocycles. The molecule has 32 heavy (non-hydrogen) atoms. The fourth-order valence-electron chi connectivity index (χ4n) is 3.83. The summed E-state index contributed by atoms with van der Waals surface area (Å²) >= 11 is 0. The molecule has 0 radical (unpaired) electrons. The molecule has 3 rings (SSSR count). The highest BCUT2D eigenvalue weighted by atomic mass is 16.5. The Labute approximate surface area is 186 Å². The largest absolute Gasteiger partial charge is 0.494 e. The van der Waals surface area contributed by atoms with E-state index in [4.69, 9.17) is 18.9 Å². The Morgan fingerprint density at radius 1 is 1.03 bits per heavy atom. The van der Waals surface area contributed by atoms with Gasteiger partial charge in [-0.15, -0.1) is 0 Å². The molecule has 1 saturated heterocycles. The lowest BCUT2D eigenvalue weighted by Crippen LogP contribution is -2.54. The first kappa shape index (κ1) is 23.0. The Morgan fingerprint density at radius 2 is 1.62 bits per heavy atom. The normalized spacial score (nSPS) is 17.3. The first-order valence-electron chi connectivity index (χ1n) is 9.79. The zero-order valence-electron chi connectivity index (χ0n) is 18.6. The highest BCUT2D eigenvalue weighted by molar-refractivity contribution is 6.04. The van der Waals surface area contributed by atoms with Crippen LogP contribution in [-0.2, 0) is 9.59 Å². The molecule has 0 bridgehead atoms. The van der Waals surface area contributed by atoms with Crippen LogP contribution in [0.25, 0.3) is 0 Å². The second-order valence-electron chi connectivity index (χ2n) is 7.11. The van der Waals surface area contributed by atoms with Gasteiger partial charge in [0.15, 0.2) is 11.5 Å². The number of hydrogen-bond donors (Lipinski definition) is 1. The molecular weight excluding hydrogens is 416 g/mol. The lowest BCUT2D eigenvalue weighted by molar-refractivity contribution is -0.129. The van der Waals surface area contributed by atoms with E-state index >= 15 is 0 Å². The first-order chi connectivity index (χ1) is 15.3. The molecule has 2 amide bonds. The summed E-state index contributed by atoms with van der Waals surface area (Å²) in [5.74, 6) is 0.413. The number of rotatable bonds is 8. The lowest BCUT2D eigenvalue weighted by Gasteiger charge is -2.46. The molecule has 0 aliphatic carbocycles. The molecular formula is C23H26N2O7. The fourth-order valence-corrected chi connectivity index (χ4v) is 3.83. The van der Waals surface area contributed by atoms with E-state index in [2.05, 4.69) is 6.58 Å². The van der Waals surface area contributed by atoms with Gasteiger partial charge in [-0.3, -0.25) is 14.8 Å². The Kier molecular flexibility index (Phi) is 6.59. The summed E-state index contributed by atoms with van der Waals surface area (Å²) < 4.78 is 21.5. The number of ether oxygens (including phenoxy) is 4. The molecule has 2 aromatic carbocycles. The van der Waals surface area contributed by atoms with Crippen LogP contribution < -0.4 is 28.9 Å². The fraction of sp³-hybridized carbons (Fsp3) is 0.304. The van der Waals surface area contributed by atoms with Crippen molar-refractivity contribution in [3.8, 4) is 23.0 Å². The molecule has 1 fully saturated rings. The molecule has 2 unspecified atom stereocenters. The van der Waals surface area contributed by atoms with Crippen LogP contribution in [0.1, 0.15) is 18.5 Å². The molecule has 1 heterocycles. The topological polar surface area (TPSA) is 97.8 Å². The van der Waals surface area contributed by atoms with Crippen molar-refractivity contribution in [1.82, 2.24) is 0 Å². The Balaban J connectivity index is 2.08. The minimum Gasteiger partial charge on any atom is -0.494 e. The molecule has 1 aliphatic heterocycles. The van der Waals surface area contributed by atoms with Crippen molar-refractivity contribution in [2.45, 2.75) is 13.0 Å². The van der Waals surface area contributed by atoms with Gasteiger partial charge in [0.05, 0.1) is 46.1 Å². The van der Waals surface area contributed by atoms with E-state index < -0.39 is 5.91 Å². The number of hydrogen-bond acceptors (Lipinski definition) is 7. The Bertz CT molecular complexity index is 1030. The summed E-state index contributed by atoms with van der Waals surface area (Å²) in [5.41, 5.74) is 1.41. The maximum atomic E-state index is 12.9. The average Bonchev–Trinajstić information content (AvgIpc) is 2.84. The van der Waals surface area contributed by atoms with Crippen LogP contribution in [-0.4, -0.2) is 45.5 Å². The molecule has 9 heteroatoms. The third-order valence-electron chi connectivity index (χ3n) is 5.46. The summed E-state index contributed by atoms with van der Waals surface area (Å²) in [6.07, 6.45) is 0.990. The van der Waals surface area contributed by atoms with Gasteiger partial charge in [0.25, 0.3) is 5.91 Å². The smallest absolute Gasteiger partial charge is 0.274 e. The zero-order chi connectivity index (χ0) is 23.6. The zero-order valence-corrected chi connectivity index (χ0v) is 18.6. The van der Waals surface area contributed by atoms with Gasteiger partial charge in [-0.05, 0) is 23.8 Å². The summed E-state index contributed by atoms with van der Waals surface area (Å²) in [6, 6.07) is 8.06. The first-order valence-corrected chi connectivity index (χ1v) is 9.79. The van der Waals surface area contributed by atoms with E-state index in [1.165, 1.54) is 28.4 Å². The standard InChI is InChI=1S/C23H26N2O7/c1-7-20(26)25(28)16-10-14(8-9-17(16)29-3)21-13(2)23(27)24(21)15-11-18(30-4)22(32-6)19(12-15)31-5/h7-13,21,28H,1H2,2-6H3. The molecule has 0 spiro atoms. The molecule has 1 N–H and O–H groups in total. The van der Waals surface area contributed by atoms with Gasteiger partial charge in [0, 0.05) is 12.1 Å². The van der Waals surface area contributed by atoms with Gasteiger partial charge < -0.3 is 23.8 Å². The Hall–Kier alpha value is -3.72. The van der Waals surface area contributed by atoms with Gasteiger partial charge in [0.1, 0.15) is 11.4 Å². The second-order valence-corrected chi connectivity index (χ2v) is 7.11. The third kappa shape index (κ3) is 3.71. The van der Waals surface area contributed by atoms with E-state index in [1.807, 2.05) is 6.92 Å². The number of β-lactam (4-membered cyclic amide) rings is 1. The molecule has 2 aromatic rings. The van der Waals surface area contributed by atoms with Crippen molar-refractivity contribution < 1.29 is 33.7 Å². The van der Waals surface area contributed by atoms with Crippen molar-refractivity contribution in [2.75, 3.05) is 38.4 Å². The minimum atomic E-state index is -0.709. The van der Waals surface area contributed by atoms with Gasteiger partial charge in [-0.25, -0.2) is 0 Å². The van der Waals surface area contributed by atoms with Crippen molar-refractivity contribution in [2.24, 2.45) is 5.92 Å². The van der Waals surface area contributed by atoms with Crippen LogP contribution in [0.4, 0.5) is 11.4 Å². The highest BCUT2D eigenvalue weighted by Gasteiger charge is 2.46. The molecule has 0 aromatic heterocycles. The van der Waals surface area contributed by atoms with Crippen molar-refractivity contribution in [1.29, 1.82) is 0 Å². The average molecular weight is 442 g/mol. The number of anilines is 2. The maximum absolute atomic E-state index is 12.9. The van der Waals surface area contributed by atoms with Gasteiger partial charge in [-0.1, -0.05) is 19.6 Å². The summed E-state index contributed by atoms with van der Waals surface area (Å²) in [5, 5.41) is 10.8. The van der Waals surface area contributed by atoms with E-state index in [1.54, 1.807) is 35.2 Å². The molecule has 170 valence electrons. The number of methoxy groups -OCH3 is 4. The monoisotopic (exact) mass is 442 g/mol. The minimum absolute atomic E-state index is 0.0929. The number of amides is 2. The quantitative estimate of drug-likeness (QED) is 0.290. The van der Waals surface area contributed by atoms with Crippen molar-refractivity contribution in [3.63, 3.8) is 0 Å². The summed E-state index contributed by atoms with van der Waals surface area (Å²) in [4.78, 5) is 26.4. The van der Waals surface area contributed by atoms with E-state index in [0.29, 0.717) is 39.3 Å². The van der Waals surface area contributed by atoms with Gasteiger partial charge in [-0.2, -0.15) is 5.06 Å². The number of benzene rings is 2. The number of nitrogens with zero attached hydrogens (tertiary/aromatic N) is 2. The van der Waals surface area contributed by atoms with Crippen LogP contribution in [0, 0.1) is 5.92 Å². The summed E-state index contributed by atoms with van der Waals surface area (Å²) in [7, 11) is 5.94. The highest BCUT2D eigenvalue weighted by Crippen LogP contribution is 2.49. The molecule has 2 atom stereocenters. The van der Waals surface area contributed by atoms with Gasteiger partial charge in [0.2, 0.25) is 11.7 Å². The Morgan fingerprint density at radius 3 is 2.12 bits per heavy atom. The van der Waals surface area contributed by atoms with Crippen LogP contribution in [0.3, 0.4) is 0 Å². The van der Waals surface area contributed by atoms with Crippen LogP contribution >= 0.6 is 0 Å². The molecule has 9 nitrogen and oxygen atoms in total. The van der Waals surface area contributed by atoms with E-state index in [-0.39, 0.29) is 23.6 Å². The van der Waals surface area contributed by atoms with Gasteiger partial charge >= 0.3 is 0 Å². The van der Waals surface area contributed by atoms with E-state index in [9.17, 15) is 14.8 Å². The molecule has 1 aliphatic rings. The number of hydroxylamine groups is 1. The number of carbonyl (C=O) groups excluding carboxylic acids is 2. The van der Waals surface area contributed by atoms with Crippen LogP contribution in [0.5, 0.6) is 23.0 Å². The predicted molar refractivity (Wildman–Crippen MR) is 118 cm³/mol. The summed E-state index contributed by atoms with van der Waals surface area (Å²) in [6.45, 7) is 5.21. The second kappa shape index (κ2) is 9.19. The predicted octanol–water partition coefficient (Wildman–Crippen LogP) is 3.35. The lowest BCUT2D eigenvalue weighted by atomic mass is 9.83. The van der Waals surface area contributed by atoms with Crippen molar-refractivity contribution in [3.05, 3.63) is 48.6 Å². The van der Waals surface area contributed by atoms with Crippen LogP contribution in [0.2, 0.25) is 0 Å². The number of carbonyl (C=O) groups is 2. The van der Waals surface area contributed by atoms with Crippen LogP contribution in [0.15, 0.2) is 43.0 Å². The SMILES string of the molecule is C=CC(=O)N(O)c1cc(C2C(C)C(=O)N2c2cc(OC)c(OC)c(OC)c2)ccc1OC. The van der Waals surface area contributed by atoms with E-state index in [0.717, 1.165) is 6.08 Å².